The predicted molar refractivity (Wildman–Crippen MR) is 131 cm³/mol. The lowest BCUT2D eigenvalue weighted by molar-refractivity contribution is 0.224. The van der Waals surface area contributed by atoms with Crippen LogP contribution in [0.2, 0.25) is 5.02 Å². The Labute approximate surface area is 200 Å². The first kappa shape index (κ1) is 26.0. The van der Waals surface area contributed by atoms with Crippen molar-refractivity contribution in [2.75, 3.05) is 34.9 Å². The average Bonchev–Trinajstić information content (AvgIpc) is 2.74. The first-order valence-electron chi connectivity index (χ1n) is 9.17. The van der Waals surface area contributed by atoms with Crippen molar-refractivity contribution in [1.82, 2.24) is 10.6 Å². The Hall–Kier alpha value is -2.07. The predicted octanol–water partition coefficient (Wildman–Crippen LogP) is 4.12. The molecule has 0 amide bonds. The van der Waals surface area contributed by atoms with Crippen LogP contribution in [0.5, 0.6) is 23.0 Å². The van der Waals surface area contributed by atoms with Gasteiger partial charge in [-0.15, -0.1) is 24.0 Å². The number of para-hydroxylation sites is 1. The highest BCUT2D eigenvalue weighted by atomic mass is 127. The molecule has 0 spiro atoms. The summed E-state index contributed by atoms with van der Waals surface area (Å²) in [5.74, 6) is 3.07. The fourth-order valence-electron chi connectivity index (χ4n) is 2.68. The van der Waals surface area contributed by atoms with Gasteiger partial charge in [-0.2, -0.15) is 0 Å². The van der Waals surface area contributed by atoms with Crippen molar-refractivity contribution in [2.45, 2.75) is 19.6 Å². The number of hydrogen-bond acceptors (Lipinski definition) is 5. The third-order valence-corrected chi connectivity index (χ3v) is 4.44. The average molecular weight is 550 g/mol. The summed E-state index contributed by atoms with van der Waals surface area (Å²) in [6, 6.07) is 11.2. The Morgan fingerprint density at radius 3 is 2.17 bits per heavy atom. The smallest absolute Gasteiger partial charge is 0.203 e. The second kappa shape index (κ2) is 13.3. The first-order chi connectivity index (χ1) is 14.0. The molecule has 0 bridgehead atoms. The highest BCUT2D eigenvalue weighted by Crippen LogP contribution is 2.38. The summed E-state index contributed by atoms with van der Waals surface area (Å²) in [7, 11) is 6.48. The largest absolute Gasteiger partial charge is 0.493 e. The zero-order chi connectivity index (χ0) is 21.2. The lowest BCUT2D eigenvalue weighted by Gasteiger charge is -2.19. The molecule has 0 fully saturated rings. The van der Waals surface area contributed by atoms with Gasteiger partial charge in [-0.1, -0.05) is 23.7 Å². The Morgan fingerprint density at radius 1 is 1.00 bits per heavy atom. The molecule has 9 heteroatoms. The maximum absolute atomic E-state index is 6.14. The molecule has 0 aliphatic rings. The number of nitrogens with zero attached hydrogens (tertiary/aromatic N) is 1. The number of rotatable bonds is 9. The lowest BCUT2D eigenvalue weighted by atomic mass is 10.2. The van der Waals surface area contributed by atoms with Gasteiger partial charge in [0.15, 0.2) is 17.5 Å². The van der Waals surface area contributed by atoms with Crippen LogP contribution in [0, 0.1) is 0 Å². The first-order valence-corrected chi connectivity index (χ1v) is 9.54. The molecule has 2 N–H and O–H groups in total. The molecule has 2 aromatic rings. The number of aliphatic imine (C=N–C) groups is 1. The van der Waals surface area contributed by atoms with Gasteiger partial charge in [0.05, 0.1) is 32.9 Å². The summed E-state index contributed by atoms with van der Waals surface area (Å²) < 4.78 is 22.0. The third kappa shape index (κ3) is 7.32. The summed E-state index contributed by atoms with van der Waals surface area (Å²) in [5, 5.41) is 7.09. The van der Waals surface area contributed by atoms with E-state index in [4.69, 9.17) is 30.5 Å². The van der Waals surface area contributed by atoms with Gasteiger partial charge in [-0.3, -0.25) is 4.99 Å². The summed E-state index contributed by atoms with van der Waals surface area (Å²) >= 11 is 6.14. The van der Waals surface area contributed by atoms with Gasteiger partial charge >= 0.3 is 0 Å². The molecule has 0 saturated carbocycles. The van der Waals surface area contributed by atoms with Crippen molar-refractivity contribution in [2.24, 2.45) is 4.99 Å². The number of benzene rings is 2. The molecule has 0 aromatic heterocycles. The highest BCUT2D eigenvalue weighted by Gasteiger charge is 2.13. The minimum Gasteiger partial charge on any atom is -0.493 e. The van der Waals surface area contributed by atoms with E-state index >= 15 is 0 Å². The standard InChI is InChI=1S/C21H28ClN3O4.HI/c1-14(29-17-9-7-6-8-16(17)22)12-24-21(23-2)25-13-15-10-18(26-3)20(28-5)19(11-15)27-4;/h6-11,14H,12-13H2,1-5H3,(H2,23,24,25);1H. The number of ether oxygens (including phenoxy) is 4. The normalized spacial score (nSPS) is 11.7. The van der Waals surface area contributed by atoms with Gasteiger partial charge in [0.2, 0.25) is 5.75 Å². The number of nitrogens with one attached hydrogen (secondary N) is 2. The van der Waals surface area contributed by atoms with E-state index in [1.807, 2.05) is 37.3 Å². The van der Waals surface area contributed by atoms with E-state index in [2.05, 4.69) is 15.6 Å². The Morgan fingerprint density at radius 2 is 1.63 bits per heavy atom. The summed E-state index contributed by atoms with van der Waals surface area (Å²) in [6.45, 7) is 3.04. The molecule has 0 aliphatic carbocycles. The van der Waals surface area contributed by atoms with Gasteiger partial charge < -0.3 is 29.6 Å². The molecular formula is C21H29ClIN3O4. The summed E-state index contributed by atoms with van der Waals surface area (Å²) in [6.07, 6.45) is -0.102. The quantitative estimate of drug-likeness (QED) is 0.279. The van der Waals surface area contributed by atoms with Crippen molar-refractivity contribution in [3.05, 3.63) is 47.0 Å². The maximum Gasteiger partial charge on any atom is 0.203 e. The second-order valence-corrected chi connectivity index (χ2v) is 6.61. The molecular weight excluding hydrogens is 521 g/mol. The van der Waals surface area contributed by atoms with E-state index in [1.165, 1.54) is 0 Å². The Bertz CT molecular complexity index is 811. The van der Waals surface area contributed by atoms with E-state index in [-0.39, 0.29) is 30.1 Å². The highest BCUT2D eigenvalue weighted by molar-refractivity contribution is 14.0. The van der Waals surface area contributed by atoms with Crippen molar-refractivity contribution >= 4 is 41.5 Å². The van der Waals surface area contributed by atoms with E-state index < -0.39 is 0 Å². The molecule has 1 unspecified atom stereocenters. The van der Waals surface area contributed by atoms with Crippen LogP contribution in [0.15, 0.2) is 41.4 Å². The van der Waals surface area contributed by atoms with Crippen LogP contribution in [0.4, 0.5) is 0 Å². The van der Waals surface area contributed by atoms with E-state index in [0.29, 0.717) is 47.1 Å². The number of methoxy groups -OCH3 is 3. The third-order valence-electron chi connectivity index (χ3n) is 4.13. The molecule has 0 heterocycles. The van der Waals surface area contributed by atoms with Gasteiger partial charge in [-0.05, 0) is 36.8 Å². The minimum absolute atomic E-state index is 0. The molecule has 0 saturated heterocycles. The van der Waals surface area contributed by atoms with E-state index in [1.54, 1.807) is 34.4 Å². The zero-order valence-corrected chi connectivity index (χ0v) is 20.9. The van der Waals surface area contributed by atoms with Crippen LogP contribution in [0.25, 0.3) is 0 Å². The van der Waals surface area contributed by atoms with Crippen molar-refractivity contribution in [3.63, 3.8) is 0 Å². The van der Waals surface area contributed by atoms with Crippen LogP contribution in [-0.2, 0) is 6.54 Å². The fourth-order valence-corrected chi connectivity index (χ4v) is 2.86. The van der Waals surface area contributed by atoms with Crippen LogP contribution in [0.3, 0.4) is 0 Å². The van der Waals surface area contributed by atoms with Crippen molar-refractivity contribution in [1.29, 1.82) is 0 Å². The van der Waals surface area contributed by atoms with Crippen LogP contribution in [0.1, 0.15) is 12.5 Å². The van der Waals surface area contributed by atoms with Gasteiger partial charge in [0.25, 0.3) is 0 Å². The van der Waals surface area contributed by atoms with Crippen molar-refractivity contribution < 1.29 is 18.9 Å². The monoisotopic (exact) mass is 549 g/mol. The molecule has 0 radical (unpaired) electrons. The van der Waals surface area contributed by atoms with Crippen molar-refractivity contribution in [3.8, 4) is 23.0 Å². The Balaban J connectivity index is 0.00000450. The molecule has 2 aromatic carbocycles. The topological polar surface area (TPSA) is 73.3 Å². The Kier molecular flexibility index (Phi) is 11.5. The van der Waals surface area contributed by atoms with Crippen LogP contribution >= 0.6 is 35.6 Å². The summed E-state index contributed by atoms with van der Waals surface area (Å²) in [5.41, 5.74) is 0.961. The molecule has 0 aliphatic heterocycles. The fraction of sp³-hybridized carbons (Fsp3) is 0.381. The van der Waals surface area contributed by atoms with Crippen LogP contribution in [-0.4, -0.2) is 47.0 Å². The summed E-state index contributed by atoms with van der Waals surface area (Å²) in [4.78, 5) is 4.24. The molecule has 2 rings (SSSR count). The second-order valence-electron chi connectivity index (χ2n) is 6.20. The number of hydrogen-bond donors (Lipinski definition) is 2. The zero-order valence-electron chi connectivity index (χ0n) is 17.8. The molecule has 1 atom stereocenters. The minimum atomic E-state index is -0.102. The van der Waals surface area contributed by atoms with E-state index in [0.717, 1.165) is 5.56 Å². The van der Waals surface area contributed by atoms with Gasteiger partial charge in [-0.25, -0.2) is 0 Å². The molecule has 30 heavy (non-hydrogen) atoms. The van der Waals surface area contributed by atoms with E-state index in [9.17, 15) is 0 Å². The molecule has 7 nitrogen and oxygen atoms in total. The molecule has 166 valence electrons. The number of guanidine groups is 1. The van der Waals surface area contributed by atoms with Gasteiger partial charge in [0.1, 0.15) is 11.9 Å². The SMILES string of the molecule is CN=C(NCc1cc(OC)c(OC)c(OC)c1)NCC(C)Oc1ccccc1Cl.I. The number of halogens is 2. The maximum atomic E-state index is 6.14. The van der Waals surface area contributed by atoms with Gasteiger partial charge in [0, 0.05) is 13.6 Å². The lowest BCUT2D eigenvalue weighted by Crippen LogP contribution is -2.41. The van der Waals surface area contributed by atoms with Crippen LogP contribution < -0.4 is 29.6 Å².